The summed E-state index contributed by atoms with van der Waals surface area (Å²) in [6.07, 6.45) is 1.54. The highest BCUT2D eigenvalue weighted by Crippen LogP contribution is 2.34. The molecule has 0 aliphatic rings. The standard InChI is InChI=1S/C18H17Cl2N3O3S/c1-2-21-18(27)23-22-9-12-7-14(19)16(15(20)8-12)26-10-11-3-5-13(6-4-11)17(24)25/h3-9H,2,10H2,1H3,(H,24,25)(H2,21,23,27)/b22-9-. The van der Waals surface area contributed by atoms with Gasteiger partial charge in [0.15, 0.2) is 10.9 Å². The van der Waals surface area contributed by atoms with Crippen molar-refractivity contribution in [3.8, 4) is 5.75 Å². The van der Waals surface area contributed by atoms with E-state index in [1.807, 2.05) is 6.92 Å². The molecule has 0 amide bonds. The summed E-state index contributed by atoms with van der Waals surface area (Å²) in [5.74, 6) is -0.638. The molecule has 142 valence electrons. The molecular weight excluding hydrogens is 409 g/mol. The van der Waals surface area contributed by atoms with Crippen molar-refractivity contribution in [3.05, 3.63) is 63.1 Å². The molecule has 3 N–H and O–H groups in total. The van der Waals surface area contributed by atoms with Gasteiger partial charge in [-0.2, -0.15) is 5.10 Å². The molecule has 0 radical (unpaired) electrons. The zero-order valence-corrected chi connectivity index (χ0v) is 16.7. The molecule has 0 fully saturated rings. The van der Waals surface area contributed by atoms with Crippen molar-refractivity contribution in [2.45, 2.75) is 13.5 Å². The SMILES string of the molecule is CCNC(=S)N/N=C\c1cc(Cl)c(OCc2ccc(C(=O)O)cc2)c(Cl)c1. The van der Waals surface area contributed by atoms with Crippen LogP contribution in [0.15, 0.2) is 41.5 Å². The highest BCUT2D eigenvalue weighted by molar-refractivity contribution is 7.80. The van der Waals surface area contributed by atoms with Gasteiger partial charge in [-0.05, 0) is 54.5 Å². The zero-order valence-electron chi connectivity index (χ0n) is 14.3. The molecule has 2 rings (SSSR count). The number of carboxylic acids is 1. The summed E-state index contributed by atoms with van der Waals surface area (Å²) in [5.41, 5.74) is 4.35. The molecule has 0 saturated heterocycles. The monoisotopic (exact) mass is 425 g/mol. The molecule has 0 aromatic heterocycles. The third kappa shape index (κ3) is 6.39. The number of ether oxygens (including phenoxy) is 1. The molecule has 0 heterocycles. The summed E-state index contributed by atoms with van der Waals surface area (Å²) in [4.78, 5) is 10.9. The van der Waals surface area contributed by atoms with Crippen molar-refractivity contribution in [1.29, 1.82) is 0 Å². The number of hydrogen-bond donors (Lipinski definition) is 3. The van der Waals surface area contributed by atoms with Gasteiger partial charge in [-0.1, -0.05) is 35.3 Å². The largest absolute Gasteiger partial charge is 0.486 e. The van der Waals surface area contributed by atoms with E-state index in [9.17, 15) is 4.79 Å². The van der Waals surface area contributed by atoms with Crippen LogP contribution in [0.5, 0.6) is 5.75 Å². The Labute approximate surface area is 172 Å². The van der Waals surface area contributed by atoms with Crippen LogP contribution in [-0.4, -0.2) is 28.9 Å². The number of rotatable bonds is 7. The van der Waals surface area contributed by atoms with E-state index in [2.05, 4.69) is 15.8 Å². The number of carbonyl (C=O) groups is 1. The molecule has 0 saturated carbocycles. The lowest BCUT2D eigenvalue weighted by atomic mass is 10.1. The normalized spacial score (nSPS) is 10.6. The fraction of sp³-hybridized carbons (Fsp3) is 0.167. The molecule has 0 spiro atoms. The van der Waals surface area contributed by atoms with E-state index in [0.717, 1.165) is 5.56 Å². The summed E-state index contributed by atoms with van der Waals surface area (Å²) in [7, 11) is 0. The predicted octanol–water partition coefficient (Wildman–Crippen LogP) is 4.09. The highest BCUT2D eigenvalue weighted by atomic mass is 35.5. The Bertz CT molecular complexity index is 834. The fourth-order valence-electron chi connectivity index (χ4n) is 2.06. The van der Waals surface area contributed by atoms with Gasteiger partial charge in [0.1, 0.15) is 6.61 Å². The van der Waals surface area contributed by atoms with Gasteiger partial charge >= 0.3 is 5.97 Å². The van der Waals surface area contributed by atoms with E-state index >= 15 is 0 Å². The molecular formula is C18H17Cl2N3O3S. The molecule has 0 atom stereocenters. The van der Waals surface area contributed by atoms with Crippen molar-refractivity contribution < 1.29 is 14.6 Å². The first kappa shape index (κ1) is 21.0. The Morgan fingerprint density at radius 1 is 1.26 bits per heavy atom. The second kappa shape index (κ2) is 10.1. The van der Waals surface area contributed by atoms with Crippen molar-refractivity contribution in [3.63, 3.8) is 0 Å². The smallest absolute Gasteiger partial charge is 0.335 e. The van der Waals surface area contributed by atoms with Crippen LogP contribution in [0.3, 0.4) is 0 Å². The van der Waals surface area contributed by atoms with E-state index in [4.69, 9.17) is 45.3 Å². The van der Waals surface area contributed by atoms with Crippen LogP contribution in [0.1, 0.15) is 28.4 Å². The molecule has 27 heavy (non-hydrogen) atoms. The maximum absolute atomic E-state index is 10.9. The van der Waals surface area contributed by atoms with Gasteiger partial charge in [-0.25, -0.2) is 4.79 Å². The van der Waals surface area contributed by atoms with Crippen LogP contribution in [0, 0.1) is 0 Å². The number of thiocarbonyl (C=S) groups is 1. The molecule has 0 unspecified atom stereocenters. The minimum absolute atomic E-state index is 0.200. The van der Waals surface area contributed by atoms with Gasteiger partial charge < -0.3 is 15.2 Å². The van der Waals surface area contributed by atoms with Gasteiger partial charge in [0.25, 0.3) is 0 Å². The predicted molar refractivity (Wildman–Crippen MR) is 111 cm³/mol. The number of carboxylic acid groups (broad SMARTS) is 1. The van der Waals surface area contributed by atoms with Crippen molar-refractivity contribution in [2.75, 3.05) is 6.54 Å². The highest BCUT2D eigenvalue weighted by Gasteiger charge is 2.10. The van der Waals surface area contributed by atoms with E-state index < -0.39 is 5.97 Å². The quantitative estimate of drug-likeness (QED) is 0.352. The minimum Gasteiger partial charge on any atom is -0.486 e. The Morgan fingerprint density at radius 3 is 2.44 bits per heavy atom. The van der Waals surface area contributed by atoms with Crippen LogP contribution >= 0.6 is 35.4 Å². The topological polar surface area (TPSA) is 83.0 Å². The third-order valence-electron chi connectivity index (χ3n) is 3.32. The maximum Gasteiger partial charge on any atom is 0.335 e. The summed E-state index contributed by atoms with van der Waals surface area (Å²) in [5, 5.41) is 16.9. The Balaban J connectivity index is 2.02. The Hall–Kier alpha value is -2.35. The number of nitrogens with one attached hydrogen (secondary N) is 2. The fourth-order valence-corrected chi connectivity index (χ4v) is 2.87. The zero-order chi connectivity index (χ0) is 19.8. The Morgan fingerprint density at radius 2 is 1.89 bits per heavy atom. The first-order chi connectivity index (χ1) is 12.9. The van der Waals surface area contributed by atoms with E-state index in [1.165, 1.54) is 18.3 Å². The number of aromatic carboxylic acids is 1. The minimum atomic E-state index is -0.980. The summed E-state index contributed by atoms with van der Waals surface area (Å²) < 4.78 is 5.68. The number of nitrogens with zero attached hydrogens (tertiary/aromatic N) is 1. The number of benzene rings is 2. The molecule has 0 aliphatic heterocycles. The molecule has 9 heteroatoms. The number of hydrogen-bond acceptors (Lipinski definition) is 4. The second-order valence-electron chi connectivity index (χ2n) is 5.33. The molecule has 0 bridgehead atoms. The van der Waals surface area contributed by atoms with E-state index in [1.54, 1.807) is 24.3 Å². The Kier molecular flexibility index (Phi) is 7.84. The lowest BCUT2D eigenvalue weighted by molar-refractivity contribution is 0.0697. The van der Waals surface area contributed by atoms with Crippen molar-refractivity contribution in [2.24, 2.45) is 5.10 Å². The number of hydrazone groups is 1. The lowest BCUT2D eigenvalue weighted by Gasteiger charge is -2.11. The third-order valence-corrected chi connectivity index (χ3v) is 4.12. The molecule has 0 aliphatic carbocycles. The molecule has 2 aromatic rings. The van der Waals surface area contributed by atoms with Gasteiger partial charge in [0.05, 0.1) is 21.8 Å². The molecule has 2 aromatic carbocycles. The summed E-state index contributed by atoms with van der Waals surface area (Å²) >= 11 is 17.5. The first-order valence-electron chi connectivity index (χ1n) is 7.91. The van der Waals surface area contributed by atoms with Crippen LogP contribution < -0.4 is 15.5 Å². The van der Waals surface area contributed by atoms with E-state index in [-0.39, 0.29) is 12.2 Å². The van der Waals surface area contributed by atoms with Crippen LogP contribution in [0.4, 0.5) is 0 Å². The average molecular weight is 426 g/mol. The first-order valence-corrected chi connectivity index (χ1v) is 9.08. The van der Waals surface area contributed by atoms with E-state index in [0.29, 0.717) is 33.0 Å². The van der Waals surface area contributed by atoms with Crippen molar-refractivity contribution in [1.82, 2.24) is 10.7 Å². The van der Waals surface area contributed by atoms with Crippen LogP contribution in [0.25, 0.3) is 0 Å². The summed E-state index contributed by atoms with van der Waals surface area (Å²) in [6.45, 7) is 2.83. The van der Waals surface area contributed by atoms with Gasteiger partial charge in [0.2, 0.25) is 0 Å². The van der Waals surface area contributed by atoms with Gasteiger partial charge in [-0.3, -0.25) is 5.43 Å². The average Bonchev–Trinajstić information content (AvgIpc) is 2.61. The lowest BCUT2D eigenvalue weighted by Crippen LogP contribution is -2.31. The summed E-state index contributed by atoms with van der Waals surface area (Å²) in [6, 6.07) is 9.69. The maximum atomic E-state index is 10.9. The van der Waals surface area contributed by atoms with Gasteiger partial charge in [-0.15, -0.1) is 0 Å². The van der Waals surface area contributed by atoms with Crippen LogP contribution in [-0.2, 0) is 6.61 Å². The second-order valence-corrected chi connectivity index (χ2v) is 6.56. The van der Waals surface area contributed by atoms with Crippen molar-refractivity contribution >= 4 is 52.7 Å². The number of halogens is 2. The van der Waals surface area contributed by atoms with Gasteiger partial charge in [0, 0.05) is 6.54 Å². The van der Waals surface area contributed by atoms with Crippen LogP contribution in [0.2, 0.25) is 10.0 Å². The molecule has 6 nitrogen and oxygen atoms in total.